The largest absolute Gasteiger partial charge is 0.450 e. The summed E-state index contributed by atoms with van der Waals surface area (Å²) in [6.45, 7) is 3.32. The molecule has 7 nitrogen and oxygen atoms in total. The predicted octanol–water partition coefficient (Wildman–Crippen LogP) is 2.40. The Labute approximate surface area is 133 Å². The zero-order valence-corrected chi connectivity index (χ0v) is 13.4. The van der Waals surface area contributed by atoms with Crippen LogP contribution in [0.4, 0.5) is 9.80 Å². The average molecular weight is 327 g/mol. The van der Waals surface area contributed by atoms with Crippen LogP contribution in [0, 0.1) is 0 Å². The smallest absolute Gasteiger partial charge is 0.412 e. The molecule has 0 bridgehead atoms. The van der Waals surface area contributed by atoms with Gasteiger partial charge in [0, 0.05) is 13.2 Å². The number of anilines is 1. The van der Waals surface area contributed by atoms with Crippen molar-refractivity contribution in [1.29, 1.82) is 0 Å². The van der Waals surface area contributed by atoms with Crippen LogP contribution in [0.2, 0.25) is 0 Å². The lowest BCUT2D eigenvalue weighted by atomic mass is 10.1. The molecule has 2 amide bonds. The summed E-state index contributed by atoms with van der Waals surface area (Å²) in [6.07, 6.45) is 3.76. The van der Waals surface area contributed by atoms with Crippen molar-refractivity contribution in [1.82, 2.24) is 10.3 Å². The van der Waals surface area contributed by atoms with Crippen LogP contribution in [0.3, 0.4) is 0 Å². The molecule has 0 aromatic carbocycles. The first-order chi connectivity index (χ1) is 10.7. The first-order valence-electron chi connectivity index (χ1n) is 7.47. The summed E-state index contributed by atoms with van der Waals surface area (Å²) in [5.74, 6) is -0.302. The highest BCUT2D eigenvalue weighted by molar-refractivity contribution is 7.14. The van der Waals surface area contributed by atoms with Crippen molar-refractivity contribution in [3.05, 3.63) is 11.2 Å². The standard InChI is InChI=1S/C14H21N3O4S/c1-2-20-14(19)17-13-11(16-9-22-13)12(18)15-7-6-10-5-3-4-8-21-10/h9-10H,2-8H2,1H3,(H,15,18)(H,17,19). The van der Waals surface area contributed by atoms with E-state index in [1.54, 1.807) is 6.92 Å². The molecule has 122 valence electrons. The minimum absolute atomic E-state index is 0.211. The van der Waals surface area contributed by atoms with Gasteiger partial charge in [-0.15, -0.1) is 11.3 Å². The molecular formula is C14H21N3O4S. The molecule has 1 saturated heterocycles. The topological polar surface area (TPSA) is 89.5 Å². The van der Waals surface area contributed by atoms with Gasteiger partial charge in [-0.1, -0.05) is 0 Å². The van der Waals surface area contributed by atoms with Gasteiger partial charge >= 0.3 is 6.09 Å². The third kappa shape index (κ3) is 4.96. The van der Waals surface area contributed by atoms with Gasteiger partial charge in [-0.2, -0.15) is 0 Å². The lowest BCUT2D eigenvalue weighted by Crippen LogP contribution is -2.30. The summed E-state index contributed by atoms with van der Waals surface area (Å²) in [6, 6.07) is 0. The molecule has 1 aliphatic rings. The maximum Gasteiger partial charge on any atom is 0.412 e. The van der Waals surface area contributed by atoms with Crippen LogP contribution in [-0.2, 0) is 9.47 Å². The number of ether oxygens (including phenoxy) is 2. The van der Waals surface area contributed by atoms with Gasteiger partial charge in [0.25, 0.3) is 5.91 Å². The number of hydrogen-bond acceptors (Lipinski definition) is 6. The molecule has 8 heteroatoms. The summed E-state index contributed by atoms with van der Waals surface area (Å²) in [7, 11) is 0. The van der Waals surface area contributed by atoms with E-state index in [0.717, 1.165) is 25.9 Å². The second-order valence-electron chi connectivity index (χ2n) is 4.91. The van der Waals surface area contributed by atoms with Crippen molar-refractivity contribution in [3.8, 4) is 0 Å². The summed E-state index contributed by atoms with van der Waals surface area (Å²) < 4.78 is 10.4. The Morgan fingerprint density at radius 1 is 1.50 bits per heavy atom. The number of hydrogen-bond donors (Lipinski definition) is 2. The number of thiazole rings is 1. The summed E-state index contributed by atoms with van der Waals surface area (Å²) in [5.41, 5.74) is 1.73. The number of carbonyl (C=O) groups is 2. The lowest BCUT2D eigenvalue weighted by molar-refractivity contribution is 0.0117. The minimum Gasteiger partial charge on any atom is -0.450 e. The normalized spacial score (nSPS) is 17.8. The van der Waals surface area contributed by atoms with Gasteiger partial charge in [-0.25, -0.2) is 9.78 Å². The van der Waals surface area contributed by atoms with E-state index in [2.05, 4.69) is 15.6 Å². The third-order valence-electron chi connectivity index (χ3n) is 3.30. The van der Waals surface area contributed by atoms with Crippen LogP contribution >= 0.6 is 11.3 Å². The fourth-order valence-corrected chi connectivity index (χ4v) is 2.88. The Morgan fingerprint density at radius 2 is 2.36 bits per heavy atom. The molecule has 22 heavy (non-hydrogen) atoms. The molecule has 0 spiro atoms. The van der Waals surface area contributed by atoms with E-state index < -0.39 is 6.09 Å². The molecule has 1 aromatic rings. The van der Waals surface area contributed by atoms with E-state index in [0.29, 0.717) is 11.5 Å². The van der Waals surface area contributed by atoms with Gasteiger partial charge in [0.1, 0.15) is 5.00 Å². The first kappa shape index (κ1) is 16.7. The second-order valence-corrected chi connectivity index (χ2v) is 5.76. The molecule has 0 radical (unpaired) electrons. The van der Waals surface area contributed by atoms with Crippen LogP contribution in [0.25, 0.3) is 0 Å². The van der Waals surface area contributed by atoms with Gasteiger partial charge in [0.2, 0.25) is 0 Å². The molecular weight excluding hydrogens is 306 g/mol. The number of amides is 2. The molecule has 2 N–H and O–H groups in total. The minimum atomic E-state index is -0.587. The summed E-state index contributed by atoms with van der Waals surface area (Å²) in [4.78, 5) is 27.5. The van der Waals surface area contributed by atoms with E-state index in [1.807, 2.05) is 0 Å². The molecule has 1 aromatic heterocycles. The van der Waals surface area contributed by atoms with Crippen molar-refractivity contribution >= 4 is 28.3 Å². The van der Waals surface area contributed by atoms with Crippen LogP contribution < -0.4 is 10.6 Å². The predicted molar refractivity (Wildman–Crippen MR) is 83.3 cm³/mol. The SMILES string of the molecule is CCOC(=O)Nc1scnc1C(=O)NCCC1CCCCO1. The number of nitrogens with one attached hydrogen (secondary N) is 2. The fraction of sp³-hybridized carbons (Fsp3) is 0.643. The van der Waals surface area contributed by atoms with E-state index in [-0.39, 0.29) is 24.3 Å². The number of carbonyl (C=O) groups excluding carboxylic acids is 2. The molecule has 1 fully saturated rings. The maximum absolute atomic E-state index is 12.1. The highest BCUT2D eigenvalue weighted by atomic mass is 32.1. The average Bonchev–Trinajstić information content (AvgIpc) is 2.96. The maximum atomic E-state index is 12.1. The van der Waals surface area contributed by atoms with Crippen molar-refractivity contribution in [2.24, 2.45) is 0 Å². The van der Waals surface area contributed by atoms with Crippen molar-refractivity contribution in [2.45, 2.75) is 38.7 Å². The summed E-state index contributed by atoms with van der Waals surface area (Å²) in [5, 5.41) is 5.73. The number of rotatable bonds is 6. The Morgan fingerprint density at radius 3 is 3.09 bits per heavy atom. The fourth-order valence-electron chi connectivity index (χ4n) is 2.22. The Bertz CT molecular complexity index is 500. The molecule has 2 heterocycles. The van der Waals surface area contributed by atoms with Crippen LogP contribution in [-0.4, -0.2) is 42.8 Å². The number of aromatic nitrogens is 1. The molecule has 1 atom stereocenters. The van der Waals surface area contributed by atoms with Crippen LogP contribution in [0.15, 0.2) is 5.51 Å². The quantitative estimate of drug-likeness (QED) is 0.837. The molecule has 0 aliphatic carbocycles. The second kappa shape index (κ2) is 8.70. The lowest BCUT2D eigenvalue weighted by Gasteiger charge is -2.22. The van der Waals surface area contributed by atoms with Gasteiger partial charge in [-0.3, -0.25) is 10.1 Å². The Balaban J connectivity index is 1.79. The zero-order valence-electron chi connectivity index (χ0n) is 12.6. The monoisotopic (exact) mass is 327 g/mol. The van der Waals surface area contributed by atoms with E-state index in [1.165, 1.54) is 23.3 Å². The van der Waals surface area contributed by atoms with E-state index >= 15 is 0 Å². The molecule has 1 aliphatic heterocycles. The highest BCUT2D eigenvalue weighted by Crippen LogP contribution is 2.20. The van der Waals surface area contributed by atoms with Crippen molar-refractivity contribution in [2.75, 3.05) is 25.1 Å². The zero-order chi connectivity index (χ0) is 15.8. The molecule has 2 rings (SSSR count). The van der Waals surface area contributed by atoms with Gasteiger partial charge in [0.15, 0.2) is 5.69 Å². The summed E-state index contributed by atoms with van der Waals surface area (Å²) >= 11 is 1.19. The Kier molecular flexibility index (Phi) is 6.60. The molecule has 0 saturated carbocycles. The molecule has 1 unspecified atom stereocenters. The Hall–Kier alpha value is -1.67. The van der Waals surface area contributed by atoms with Crippen molar-refractivity contribution in [3.63, 3.8) is 0 Å². The third-order valence-corrected chi connectivity index (χ3v) is 4.04. The van der Waals surface area contributed by atoms with Gasteiger partial charge in [0.05, 0.1) is 18.2 Å². The van der Waals surface area contributed by atoms with Crippen LogP contribution in [0.5, 0.6) is 0 Å². The van der Waals surface area contributed by atoms with Crippen molar-refractivity contribution < 1.29 is 19.1 Å². The van der Waals surface area contributed by atoms with Crippen LogP contribution in [0.1, 0.15) is 43.1 Å². The van der Waals surface area contributed by atoms with E-state index in [4.69, 9.17) is 9.47 Å². The van der Waals surface area contributed by atoms with E-state index in [9.17, 15) is 9.59 Å². The highest BCUT2D eigenvalue weighted by Gasteiger charge is 2.18. The van der Waals surface area contributed by atoms with Gasteiger partial charge in [-0.05, 0) is 32.6 Å². The first-order valence-corrected chi connectivity index (χ1v) is 8.35. The van der Waals surface area contributed by atoms with Gasteiger partial charge < -0.3 is 14.8 Å². The number of nitrogens with zero attached hydrogens (tertiary/aromatic N) is 1.